The molecule has 0 radical (unpaired) electrons. The number of nitrogens with one attached hydrogen (secondary N) is 1. The van der Waals surface area contributed by atoms with E-state index in [4.69, 9.17) is 0 Å². The fourth-order valence-corrected chi connectivity index (χ4v) is 3.81. The Balaban J connectivity index is 0.000000166. The highest BCUT2D eigenvalue weighted by atomic mass is 16.1. The Morgan fingerprint density at radius 3 is 2.10 bits per heavy atom. The van der Waals surface area contributed by atoms with E-state index in [9.17, 15) is 9.59 Å². The van der Waals surface area contributed by atoms with Gasteiger partial charge < -0.3 is 9.55 Å². The second kappa shape index (κ2) is 8.84. The van der Waals surface area contributed by atoms with Crippen molar-refractivity contribution in [2.75, 3.05) is 0 Å². The summed E-state index contributed by atoms with van der Waals surface area (Å²) in [4.78, 5) is 26.0. The molecule has 1 N–H and O–H groups in total. The largest absolute Gasteiger partial charge is 0.322 e. The first-order valence-electron chi connectivity index (χ1n) is 10.2. The zero-order valence-corrected chi connectivity index (χ0v) is 17.6. The standard InChI is InChI=1S/C17H15NO.C10H9NO/c1-13-11-17(19)18(12-14-7-3-2-4-8-14)16-10-6-5-9-15(13)16;1-7-6-10(12)11-9-5-3-2-4-8(7)9/h2-11H,12H2,1H3;2-6H,1H3,(H,11,12). The monoisotopic (exact) mass is 408 g/mol. The molecule has 0 unspecified atom stereocenters. The molecule has 0 amide bonds. The van der Waals surface area contributed by atoms with Crippen LogP contribution in [-0.2, 0) is 6.54 Å². The maximum Gasteiger partial charge on any atom is 0.251 e. The Morgan fingerprint density at radius 1 is 0.710 bits per heavy atom. The summed E-state index contributed by atoms with van der Waals surface area (Å²) in [6, 6.07) is 29.2. The Labute approximate surface area is 180 Å². The number of para-hydroxylation sites is 2. The van der Waals surface area contributed by atoms with Crippen molar-refractivity contribution in [3.05, 3.63) is 128 Å². The third-order valence-electron chi connectivity index (χ3n) is 5.37. The minimum atomic E-state index is -0.0359. The van der Waals surface area contributed by atoms with Gasteiger partial charge in [-0.2, -0.15) is 0 Å². The van der Waals surface area contributed by atoms with Gasteiger partial charge in [0.25, 0.3) is 5.56 Å². The van der Waals surface area contributed by atoms with Crippen LogP contribution in [0.1, 0.15) is 16.7 Å². The molecule has 4 heteroatoms. The second-order valence-corrected chi connectivity index (χ2v) is 7.62. The lowest BCUT2D eigenvalue weighted by molar-refractivity contribution is 0.793. The number of aromatic nitrogens is 2. The number of aromatic amines is 1. The van der Waals surface area contributed by atoms with Gasteiger partial charge in [0.2, 0.25) is 5.56 Å². The normalized spacial score (nSPS) is 10.6. The quantitative estimate of drug-likeness (QED) is 0.437. The predicted molar refractivity (Wildman–Crippen MR) is 128 cm³/mol. The molecule has 4 nitrogen and oxygen atoms in total. The van der Waals surface area contributed by atoms with Gasteiger partial charge in [-0.1, -0.05) is 66.7 Å². The SMILES string of the molecule is Cc1cc(=O)[nH]c2ccccc12.Cc1cc(=O)n(Cc2ccccc2)c2ccccc12. The van der Waals surface area contributed by atoms with Crippen LogP contribution in [0.2, 0.25) is 0 Å². The Morgan fingerprint density at radius 2 is 1.32 bits per heavy atom. The summed E-state index contributed by atoms with van der Waals surface area (Å²) < 4.78 is 1.83. The lowest BCUT2D eigenvalue weighted by Crippen LogP contribution is -2.20. The number of aryl methyl sites for hydroxylation is 2. The van der Waals surface area contributed by atoms with E-state index in [2.05, 4.69) is 11.1 Å². The van der Waals surface area contributed by atoms with Crippen molar-refractivity contribution < 1.29 is 0 Å². The summed E-state index contributed by atoms with van der Waals surface area (Å²) in [5, 5.41) is 2.25. The van der Waals surface area contributed by atoms with Crippen LogP contribution >= 0.6 is 0 Å². The van der Waals surface area contributed by atoms with Crippen molar-refractivity contribution in [2.24, 2.45) is 0 Å². The number of hydrogen-bond acceptors (Lipinski definition) is 2. The van der Waals surface area contributed by atoms with Gasteiger partial charge in [0.1, 0.15) is 0 Å². The molecule has 3 aromatic carbocycles. The highest BCUT2D eigenvalue weighted by Gasteiger charge is 2.06. The zero-order valence-electron chi connectivity index (χ0n) is 17.6. The van der Waals surface area contributed by atoms with Crippen LogP contribution in [-0.4, -0.2) is 9.55 Å². The number of pyridine rings is 2. The summed E-state index contributed by atoms with van der Waals surface area (Å²) in [6.45, 7) is 4.54. The molecular weight excluding hydrogens is 384 g/mol. The van der Waals surface area contributed by atoms with Crippen LogP contribution in [0.5, 0.6) is 0 Å². The molecule has 5 aromatic rings. The molecule has 2 aromatic heterocycles. The second-order valence-electron chi connectivity index (χ2n) is 7.62. The molecule has 0 aliphatic carbocycles. The minimum Gasteiger partial charge on any atom is -0.322 e. The lowest BCUT2D eigenvalue weighted by atomic mass is 10.1. The molecule has 0 saturated carbocycles. The van der Waals surface area contributed by atoms with Crippen LogP contribution in [0.3, 0.4) is 0 Å². The zero-order chi connectivity index (χ0) is 21.8. The first kappa shape index (κ1) is 20.4. The van der Waals surface area contributed by atoms with E-state index in [-0.39, 0.29) is 11.1 Å². The lowest BCUT2D eigenvalue weighted by Gasteiger charge is -2.11. The van der Waals surface area contributed by atoms with Crippen molar-refractivity contribution in [3.8, 4) is 0 Å². The summed E-state index contributed by atoms with van der Waals surface area (Å²) >= 11 is 0. The van der Waals surface area contributed by atoms with Gasteiger partial charge in [0.05, 0.1) is 12.1 Å². The van der Waals surface area contributed by atoms with Gasteiger partial charge in [-0.15, -0.1) is 0 Å². The Bertz CT molecular complexity index is 1460. The number of benzene rings is 3. The summed E-state index contributed by atoms with van der Waals surface area (Å²) in [5.74, 6) is 0. The molecule has 31 heavy (non-hydrogen) atoms. The molecule has 2 heterocycles. The molecule has 0 saturated heterocycles. The summed E-state index contributed by atoms with van der Waals surface area (Å²) in [7, 11) is 0. The molecule has 5 rings (SSSR count). The van der Waals surface area contributed by atoms with Crippen molar-refractivity contribution in [1.82, 2.24) is 9.55 Å². The predicted octanol–water partition coefficient (Wildman–Crippen LogP) is 5.19. The molecule has 0 atom stereocenters. The van der Waals surface area contributed by atoms with E-state index in [1.807, 2.05) is 91.2 Å². The molecule has 0 bridgehead atoms. The third kappa shape index (κ3) is 4.48. The number of rotatable bonds is 2. The van der Waals surface area contributed by atoms with E-state index >= 15 is 0 Å². The highest BCUT2D eigenvalue weighted by Crippen LogP contribution is 2.17. The fourth-order valence-electron chi connectivity index (χ4n) is 3.81. The van der Waals surface area contributed by atoms with Gasteiger partial charge in [0, 0.05) is 28.4 Å². The van der Waals surface area contributed by atoms with E-state index in [1.165, 1.54) is 0 Å². The van der Waals surface area contributed by atoms with Gasteiger partial charge in [-0.3, -0.25) is 9.59 Å². The number of H-pyrrole nitrogens is 1. The third-order valence-corrected chi connectivity index (χ3v) is 5.37. The van der Waals surface area contributed by atoms with Crippen molar-refractivity contribution in [2.45, 2.75) is 20.4 Å². The summed E-state index contributed by atoms with van der Waals surface area (Å²) in [6.07, 6.45) is 0. The van der Waals surface area contributed by atoms with E-state index in [0.29, 0.717) is 6.54 Å². The molecule has 0 aliphatic rings. The molecule has 0 spiro atoms. The Kier molecular flexibility index (Phi) is 5.80. The van der Waals surface area contributed by atoms with Crippen LogP contribution < -0.4 is 11.1 Å². The Hall–Kier alpha value is -3.92. The maximum atomic E-state index is 12.2. The van der Waals surface area contributed by atoms with E-state index in [0.717, 1.165) is 38.5 Å². The van der Waals surface area contributed by atoms with Gasteiger partial charge >= 0.3 is 0 Å². The van der Waals surface area contributed by atoms with Gasteiger partial charge in [-0.05, 0) is 42.7 Å². The molecular formula is C27H24N2O2. The van der Waals surface area contributed by atoms with Crippen LogP contribution in [0.15, 0.2) is 101 Å². The minimum absolute atomic E-state index is 0.0359. The van der Waals surface area contributed by atoms with Crippen LogP contribution in [0.4, 0.5) is 0 Å². The van der Waals surface area contributed by atoms with Gasteiger partial charge in [0.15, 0.2) is 0 Å². The molecule has 0 fully saturated rings. The average Bonchev–Trinajstić information content (AvgIpc) is 2.78. The van der Waals surface area contributed by atoms with Crippen LogP contribution in [0.25, 0.3) is 21.8 Å². The first-order valence-corrected chi connectivity index (χ1v) is 10.2. The van der Waals surface area contributed by atoms with Crippen molar-refractivity contribution in [1.29, 1.82) is 0 Å². The highest BCUT2D eigenvalue weighted by molar-refractivity contribution is 5.82. The first-order chi connectivity index (χ1) is 15.0. The van der Waals surface area contributed by atoms with Crippen LogP contribution in [0, 0.1) is 13.8 Å². The number of fused-ring (bicyclic) bond motifs is 2. The van der Waals surface area contributed by atoms with Crippen molar-refractivity contribution in [3.63, 3.8) is 0 Å². The van der Waals surface area contributed by atoms with Crippen molar-refractivity contribution >= 4 is 21.8 Å². The molecule has 154 valence electrons. The number of nitrogens with zero attached hydrogens (tertiary/aromatic N) is 1. The van der Waals surface area contributed by atoms with Gasteiger partial charge in [-0.25, -0.2) is 0 Å². The fraction of sp³-hybridized carbons (Fsp3) is 0.111. The smallest absolute Gasteiger partial charge is 0.251 e. The summed E-state index contributed by atoms with van der Waals surface area (Å²) in [5.41, 5.74) is 5.11. The topological polar surface area (TPSA) is 54.9 Å². The van der Waals surface area contributed by atoms with E-state index in [1.54, 1.807) is 12.1 Å². The maximum absolute atomic E-state index is 12.2. The molecule has 0 aliphatic heterocycles. The van der Waals surface area contributed by atoms with E-state index < -0.39 is 0 Å². The number of hydrogen-bond donors (Lipinski definition) is 1. The average molecular weight is 409 g/mol.